The molecule has 0 atom stereocenters. The van der Waals surface area contributed by atoms with E-state index in [2.05, 4.69) is 44.8 Å². The second-order valence-corrected chi connectivity index (χ2v) is 9.00. The molecule has 2 N–H and O–H groups in total. The van der Waals surface area contributed by atoms with E-state index in [9.17, 15) is 9.59 Å². The lowest BCUT2D eigenvalue weighted by molar-refractivity contribution is -0.122. The summed E-state index contributed by atoms with van der Waals surface area (Å²) in [5.41, 5.74) is 4.86. The molecule has 1 fully saturated rings. The van der Waals surface area contributed by atoms with Crippen molar-refractivity contribution in [2.75, 3.05) is 19.6 Å². The van der Waals surface area contributed by atoms with E-state index >= 15 is 0 Å². The maximum atomic E-state index is 12.6. The highest BCUT2D eigenvalue weighted by atomic mass is 16.2. The number of piperidine rings is 1. The predicted molar refractivity (Wildman–Crippen MR) is 129 cm³/mol. The van der Waals surface area contributed by atoms with Crippen LogP contribution < -0.4 is 10.6 Å². The third-order valence-electron chi connectivity index (χ3n) is 6.43. The Kier molecular flexibility index (Phi) is 7.42. The van der Waals surface area contributed by atoms with E-state index in [-0.39, 0.29) is 17.9 Å². The number of benzene rings is 1. The SMILES string of the molecule is Cc1nn(Cc2ccccc2)c(C)c1CNC(=O)CN1CCC(NC(=O)c2cnn(C)c2)CC1. The predicted octanol–water partition coefficient (Wildman–Crippen LogP) is 1.79. The van der Waals surface area contributed by atoms with Crippen LogP contribution in [0.5, 0.6) is 0 Å². The average Bonchev–Trinajstić information content (AvgIpc) is 3.37. The van der Waals surface area contributed by atoms with E-state index in [1.54, 1.807) is 24.1 Å². The van der Waals surface area contributed by atoms with Crippen molar-refractivity contribution in [3.8, 4) is 0 Å². The summed E-state index contributed by atoms with van der Waals surface area (Å²) in [4.78, 5) is 27.0. The summed E-state index contributed by atoms with van der Waals surface area (Å²) in [6.07, 6.45) is 4.93. The van der Waals surface area contributed by atoms with Gasteiger partial charge < -0.3 is 10.6 Å². The van der Waals surface area contributed by atoms with Crippen LogP contribution in [0.2, 0.25) is 0 Å². The van der Waals surface area contributed by atoms with Gasteiger partial charge in [-0.2, -0.15) is 10.2 Å². The first-order valence-electron chi connectivity index (χ1n) is 11.7. The lowest BCUT2D eigenvalue weighted by Crippen LogP contribution is -2.47. The van der Waals surface area contributed by atoms with Gasteiger partial charge in [0.25, 0.3) is 5.91 Å². The molecule has 3 aromatic rings. The van der Waals surface area contributed by atoms with Crippen LogP contribution in [0, 0.1) is 13.8 Å². The Hall–Kier alpha value is -3.46. The fourth-order valence-electron chi connectivity index (χ4n) is 4.39. The average molecular weight is 464 g/mol. The first-order valence-corrected chi connectivity index (χ1v) is 11.7. The van der Waals surface area contributed by atoms with Crippen molar-refractivity contribution in [3.05, 3.63) is 70.8 Å². The Morgan fingerprint density at radius 3 is 2.53 bits per heavy atom. The van der Waals surface area contributed by atoms with Crippen LogP contribution in [-0.2, 0) is 24.9 Å². The number of nitrogens with zero attached hydrogens (tertiary/aromatic N) is 5. The summed E-state index contributed by atoms with van der Waals surface area (Å²) < 4.78 is 3.62. The molecule has 2 amide bonds. The fourth-order valence-corrected chi connectivity index (χ4v) is 4.39. The van der Waals surface area contributed by atoms with Crippen LogP contribution in [0.15, 0.2) is 42.7 Å². The number of hydrogen-bond acceptors (Lipinski definition) is 5. The Labute approximate surface area is 200 Å². The molecule has 180 valence electrons. The van der Waals surface area contributed by atoms with Crippen LogP contribution in [0.1, 0.15) is 45.7 Å². The first-order chi connectivity index (χ1) is 16.4. The lowest BCUT2D eigenvalue weighted by Gasteiger charge is -2.31. The van der Waals surface area contributed by atoms with Gasteiger partial charge in [-0.05, 0) is 32.3 Å². The van der Waals surface area contributed by atoms with Crippen molar-refractivity contribution >= 4 is 11.8 Å². The third kappa shape index (κ3) is 5.91. The zero-order chi connectivity index (χ0) is 24.1. The Balaban J connectivity index is 1.22. The van der Waals surface area contributed by atoms with Crippen LogP contribution in [0.25, 0.3) is 0 Å². The minimum Gasteiger partial charge on any atom is -0.351 e. The Morgan fingerprint density at radius 2 is 1.85 bits per heavy atom. The quantitative estimate of drug-likeness (QED) is 0.531. The zero-order valence-electron chi connectivity index (χ0n) is 20.1. The van der Waals surface area contributed by atoms with Crippen molar-refractivity contribution in [3.63, 3.8) is 0 Å². The molecule has 9 nitrogen and oxygen atoms in total. The summed E-state index contributed by atoms with van der Waals surface area (Å²) in [5, 5.41) is 14.8. The van der Waals surface area contributed by atoms with Gasteiger partial charge in [-0.15, -0.1) is 0 Å². The molecule has 0 saturated carbocycles. The van der Waals surface area contributed by atoms with Crippen molar-refractivity contribution < 1.29 is 9.59 Å². The topological polar surface area (TPSA) is 97.1 Å². The van der Waals surface area contributed by atoms with Crippen molar-refractivity contribution in [1.29, 1.82) is 0 Å². The van der Waals surface area contributed by atoms with Gasteiger partial charge in [-0.1, -0.05) is 30.3 Å². The summed E-state index contributed by atoms with van der Waals surface area (Å²) in [6.45, 7) is 7.14. The fraction of sp³-hybridized carbons (Fsp3) is 0.440. The number of aryl methyl sites for hydroxylation is 2. The number of carbonyl (C=O) groups excluding carboxylic acids is 2. The highest BCUT2D eigenvalue weighted by molar-refractivity contribution is 5.93. The molecule has 0 bridgehead atoms. The second-order valence-electron chi connectivity index (χ2n) is 9.00. The monoisotopic (exact) mass is 463 g/mol. The van der Waals surface area contributed by atoms with Gasteiger partial charge in [0.05, 0.1) is 30.5 Å². The van der Waals surface area contributed by atoms with Crippen LogP contribution in [0.4, 0.5) is 0 Å². The van der Waals surface area contributed by atoms with E-state index in [0.29, 0.717) is 25.2 Å². The van der Waals surface area contributed by atoms with Gasteiger partial charge in [0.2, 0.25) is 5.91 Å². The number of amides is 2. The van der Waals surface area contributed by atoms with Crippen LogP contribution in [-0.4, -0.2) is 62.0 Å². The number of nitrogens with one attached hydrogen (secondary N) is 2. The van der Waals surface area contributed by atoms with Crippen LogP contribution >= 0.6 is 0 Å². The summed E-state index contributed by atoms with van der Waals surface area (Å²) in [6, 6.07) is 10.4. The minimum atomic E-state index is -0.0946. The lowest BCUT2D eigenvalue weighted by atomic mass is 10.0. The van der Waals surface area contributed by atoms with E-state index in [0.717, 1.165) is 42.9 Å². The molecule has 34 heavy (non-hydrogen) atoms. The van der Waals surface area contributed by atoms with Gasteiger partial charge in [0.15, 0.2) is 0 Å². The summed E-state index contributed by atoms with van der Waals surface area (Å²) in [5.74, 6) is -0.0877. The van der Waals surface area contributed by atoms with E-state index < -0.39 is 0 Å². The van der Waals surface area contributed by atoms with Gasteiger partial charge in [-0.3, -0.25) is 23.9 Å². The van der Waals surface area contributed by atoms with Gasteiger partial charge in [0, 0.05) is 50.2 Å². The van der Waals surface area contributed by atoms with Crippen molar-refractivity contribution in [1.82, 2.24) is 35.1 Å². The molecule has 0 aliphatic carbocycles. The summed E-state index contributed by atoms with van der Waals surface area (Å²) >= 11 is 0. The standard InChI is InChI=1S/C25H33N7O2/c1-18-23(19(2)32(29-18)15-20-7-5-4-6-8-20)14-26-24(33)17-31-11-9-22(10-12-31)28-25(34)21-13-27-30(3)16-21/h4-8,13,16,22H,9-12,14-15,17H2,1-3H3,(H,26,33)(H,28,34). The highest BCUT2D eigenvalue weighted by Gasteiger charge is 2.23. The molecular formula is C25H33N7O2. The minimum absolute atomic E-state index is 0.00690. The first kappa shape index (κ1) is 23.7. The van der Waals surface area contributed by atoms with E-state index in [1.165, 1.54) is 5.56 Å². The molecule has 1 aromatic carbocycles. The maximum absolute atomic E-state index is 12.6. The second kappa shape index (κ2) is 10.6. The zero-order valence-corrected chi connectivity index (χ0v) is 20.1. The molecule has 1 aliphatic rings. The van der Waals surface area contributed by atoms with Crippen molar-refractivity contribution in [2.24, 2.45) is 7.05 Å². The smallest absolute Gasteiger partial charge is 0.254 e. The largest absolute Gasteiger partial charge is 0.351 e. The molecule has 4 rings (SSSR count). The highest BCUT2D eigenvalue weighted by Crippen LogP contribution is 2.15. The molecule has 0 spiro atoms. The molecule has 0 radical (unpaired) electrons. The molecule has 0 unspecified atom stereocenters. The van der Waals surface area contributed by atoms with E-state index in [4.69, 9.17) is 0 Å². The maximum Gasteiger partial charge on any atom is 0.254 e. The number of hydrogen-bond donors (Lipinski definition) is 2. The summed E-state index contributed by atoms with van der Waals surface area (Å²) in [7, 11) is 1.79. The molecular weight excluding hydrogens is 430 g/mol. The molecule has 2 aromatic heterocycles. The number of aromatic nitrogens is 4. The van der Waals surface area contributed by atoms with Gasteiger partial charge in [-0.25, -0.2) is 0 Å². The molecule has 1 saturated heterocycles. The van der Waals surface area contributed by atoms with E-state index in [1.807, 2.05) is 29.8 Å². The molecule has 9 heteroatoms. The number of likely N-dealkylation sites (tertiary alicyclic amines) is 1. The third-order valence-corrected chi connectivity index (χ3v) is 6.43. The van der Waals surface area contributed by atoms with Crippen LogP contribution in [0.3, 0.4) is 0 Å². The Bertz CT molecular complexity index is 1130. The normalized spacial score (nSPS) is 14.8. The number of rotatable bonds is 8. The molecule has 3 heterocycles. The van der Waals surface area contributed by atoms with Gasteiger partial charge in [0.1, 0.15) is 0 Å². The van der Waals surface area contributed by atoms with Gasteiger partial charge >= 0.3 is 0 Å². The Morgan fingerprint density at radius 1 is 1.12 bits per heavy atom. The number of carbonyl (C=O) groups is 2. The van der Waals surface area contributed by atoms with Crippen molar-refractivity contribution in [2.45, 2.75) is 45.8 Å². The molecule has 1 aliphatic heterocycles.